The molecule has 0 aliphatic rings. The van der Waals surface area contributed by atoms with Crippen LogP contribution in [0, 0.1) is 11.8 Å². The molecule has 9 heteroatoms. The highest BCUT2D eigenvalue weighted by Crippen LogP contribution is 2.29. The maximum Gasteiger partial charge on any atom is 0.471 e. The summed E-state index contributed by atoms with van der Waals surface area (Å²) in [5.74, 6) is 2.87. The van der Waals surface area contributed by atoms with Crippen LogP contribution < -0.4 is 0 Å². The van der Waals surface area contributed by atoms with Gasteiger partial charge in [-0.05, 0) is 24.8 Å². The lowest BCUT2D eigenvalue weighted by atomic mass is 10.1. The molecule has 1 heterocycles. The average Bonchev–Trinajstić information content (AvgIpc) is 3.10. The Morgan fingerprint density at radius 3 is 2.54 bits per heavy atom. The molecular formula is C17H16F3N3O3. The van der Waals surface area contributed by atoms with E-state index in [1.807, 2.05) is 6.92 Å². The van der Waals surface area contributed by atoms with Crippen molar-refractivity contribution >= 4 is 5.91 Å². The van der Waals surface area contributed by atoms with Crippen LogP contribution in [-0.2, 0) is 22.4 Å². The van der Waals surface area contributed by atoms with Crippen LogP contribution in [0.25, 0.3) is 11.4 Å². The maximum atomic E-state index is 12.5. The third-order valence-corrected chi connectivity index (χ3v) is 3.12. The number of aromatic nitrogens is 2. The number of hydrogen-bond acceptors (Lipinski definition) is 5. The third-order valence-electron chi connectivity index (χ3n) is 3.12. The van der Waals surface area contributed by atoms with Crippen molar-refractivity contribution in [2.45, 2.75) is 33.0 Å². The number of halogens is 3. The quantitative estimate of drug-likeness (QED) is 0.578. The first kappa shape index (κ1) is 19.5. The summed E-state index contributed by atoms with van der Waals surface area (Å²) in [6.07, 6.45) is -3.97. The van der Waals surface area contributed by atoms with Crippen molar-refractivity contribution in [3.63, 3.8) is 0 Å². The number of carbonyl (C=O) groups is 1. The molecule has 2 aromatic rings. The van der Waals surface area contributed by atoms with Gasteiger partial charge in [0.2, 0.25) is 5.82 Å². The van der Waals surface area contributed by atoms with Gasteiger partial charge in [0.25, 0.3) is 0 Å². The van der Waals surface area contributed by atoms with E-state index in [-0.39, 0.29) is 12.4 Å². The monoisotopic (exact) mass is 367 g/mol. The van der Waals surface area contributed by atoms with Gasteiger partial charge in [0.05, 0.1) is 13.2 Å². The molecule has 2 rings (SSSR count). The van der Waals surface area contributed by atoms with Gasteiger partial charge < -0.3 is 4.52 Å². The van der Waals surface area contributed by atoms with Crippen molar-refractivity contribution in [3.05, 3.63) is 35.7 Å². The number of nitrogens with zero attached hydrogens (tertiary/aromatic N) is 3. The molecule has 0 saturated heterocycles. The minimum atomic E-state index is -4.69. The fourth-order valence-electron chi connectivity index (χ4n) is 1.93. The van der Waals surface area contributed by atoms with Gasteiger partial charge in [0.1, 0.15) is 0 Å². The van der Waals surface area contributed by atoms with E-state index in [1.165, 1.54) is 12.1 Å². The van der Waals surface area contributed by atoms with Gasteiger partial charge in [-0.15, -0.1) is 0 Å². The molecule has 0 aliphatic carbocycles. The second kappa shape index (κ2) is 8.49. The molecule has 0 atom stereocenters. The first-order valence-corrected chi connectivity index (χ1v) is 7.72. The van der Waals surface area contributed by atoms with Crippen LogP contribution in [0.15, 0.2) is 28.8 Å². The normalized spacial score (nSPS) is 11.0. The van der Waals surface area contributed by atoms with Gasteiger partial charge in [-0.25, -0.2) is 5.06 Å². The summed E-state index contributed by atoms with van der Waals surface area (Å²) in [5.41, 5.74) is 1.06. The molecule has 138 valence electrons. The highest BCUT2D eigenvalue weighted by molar-refractivity contribution is 5.92. The number of benzene rings is 1. The average molecular weight is 367 g/mol. The van der Waals surface area contributed by atoms with Crippen LogP contribution in [0.2, 0.25) is 0 Å². The van der Waals surface area contributed by atoms with Gasteiger partial charge in [-0.2, -0.15) is 18.2 Å². The molecular weight excluding hydrogens is 351 g/mol. The van der Waals surface area contributed by atoms with E-state index in [4.69, 9.17) is 4.84 Å². The fourth-order valence-corrected chi connectivity index (χ4v) is 1.93. The lowest BCUT2D eigenvalue weighted by Gasteiger charge is -2.19. The summed E-state index contributed by atoms with van der Waals surface area (Å²) >= 11 is 0. The van der Waals surface area contributed by atoms with E-state index >= 15 is 0 Å². The van der Waals surface area contributed by atoms with Crippen molar-refractivity contribution < 1.29 is 27.3 Å². The van der Waals surface area contributed by atoms with Crippen molar-refractivity contribution in [1.82, 2.24) is 15.2 Å². The zero-order chi connectivity index (χ0) is 19.2. The Balaban J connectivity index is 2.13. The predicted molar refractivity (Wildman–Crippen MR) is 85.0 cm³/mol. The highest BCUT2D eigenvalue weighted by Gasteiger charge is 2.38. The second-order valence-corrected chi connectivity index (χ2v) is 5.17. The van der Waals surface area contributed by atoms with Gasteiger partial charge in [0.15, 0.2) is 0 Å². The van der Waals surface area contributed by atoms with E-state index in [0.29, 0.717) is 17.7 Å². The van der Waals surface area contributed by atoms with Gasteiger partial charge in [0, 0.05) is 5.56 Å². The van der Waals surface area contributed by atoms with Crippen LogP contribution >= 0.6 is 0 Å². The Bertz CT molecular complexity index is 804. The van der Waals surface area contributed by atoms with E-state index in [9.17, 15) is 18.0 Å². The number of alkyl halides is 3. The smallest absolute Gasteiger partial charge is 0.329 e. The molecule has 6 nitrogen and oxygen atoms in total. The van der Waals surface area contributed by atoms with E-state index in [1.54, 1.807) is 19.1 Å². The van der Waals surface area contributed by atoms with Crippen LogP contribution in [0.1, 0.15) is 31.7 Å². The molecule has 0 fully saturated rings. The Morgan fingerprint density at radius 1 is 1.31 bits per heavy atom. The first-order valence-electron chi connectivity index (χ1n) is 7.72. The summed E-state index contributed by atoms with van der Waals surface area (Å²) in [4.78, 5) is 20.6. The maximum absolute atomic E-state index is 12.5. The van der Waals surface area contributed by atoms with E-state index in [2.05, 4.69) is 26.5 Å². The number of hydroxylamine groups is 2. The van der Waals surface area contributed by atoms with Crippen LogP contribution in [-0.4, -0.2) is 27.7 Å². The zero-order valence-electron chi connectivity index (χ0n) is 14.1. The Hall–Kier alpha value is -2.86. The van der Waals surface area contributed by atoms with Crippen molar-refractivity contribution in [2.24, 2.45) is 0 Å². The standard InChI is InChI=1S/C17H16F3N3O3/c1-3-5-14(24)23(25-10-4-2)11-12-6-8-13(9-7-12)15-21-16(26-22-15)17(18,19)20/h6-9H,4,10-11H2,1-2H3. The Morgan fingerprint density at radius 2 is 2.00 bits per heavy atom. The summed E-state index contributed by atoms with van der Waals surface area (Å²) in [6, 6.07) is 6.34. The molecule has 0 unspecified atom stereocenters. The molecule has 0 N–H and O–H groups in total. The zero-order valence-corrected chi connectivity index (χ0v) is 14.1. The molecule has 0 radical (unpaired) electrons. The van der Waals surface area contributed by atoms with Crippen LogP contribution in [0.5, 0.6) is 0 Å². The summed E-state index contributed by atoms with van der Waals surface area (Å²) in [6.45, 7) is 3.96. The summed E-state index contributed by atoms with van der Waals surface area (Å²) in [5, 5.41) is 4.47. The molecule has 1 aromatic heterocycles. The van der Waals surface area contributed by atoms with Gasteiger partial charge >= 0.3 is 18.0 Å². The molecule has 1 aromatic carbocycles. The Kier molecular flexibility index (Phi) is 6.36. The number of hydrogen-bond donors (Lipinski definition) is 0. The molecule has 26 heavy (non-hydrogen) atoms. The summed E-state index contributed by atoms with van der Waals surface area (Å²) in [7, 11) is 0. The van der Waals surface area contributed by atoms with Crippen molar-refractivity contribution in [1.29, 1.82) is 0 Å². The SMILES string of the molecule is CC#CC(=O)N(Cc1ccc(-c2noc(C(F)(F)F)n2)cc1)OCCC. The summed E-state index contributed by atoms with van der Waals surface area (Å²) < 4.78 is 41.7. The largest absolute Gasteiger partial charge is 0.471 e. The topological polar surface area (TPSA) is 68.5 Å². The molecule has 1 amide bonds. The van der Waals surface area contributed by atoms with Crippen LogP contribution in [0.4, 0.5) is 13.2 Å². The first-order chi connectivity index (χ1) is 12.3. The number of carbonyl (C=O) groups excluding carboxylic acids is 1. The lowest BCUT2D eigenvalue weighted by molar-refractivity contribution is -0.183. The van der Waals surface area contributed by atoms with Crippen molar-refractivity contribution in [3.8, 4) is 23.2 Å². The molecule has 0 spiro atoms. The molecule has 0 aliphatic heterocycles. The van der Waals surface area contributed by atoms with Crippen molar-refractivity contribution in [2.75, 3.05) is 6.61 Å². The van der Waals surface area contributed by atoms with Gasteiger partial charge in [-0.3, -0.25) is 9.63 Å². The fraction of sp³-hybridized carbons (Fsp3) is 0.353. The van der Waals surface area contributed by atoms with E-state index in [0.717, 1.165) is 11.5 Å². The second-order valence-electron chi connectivity index (χ2n) is 5.17. The number of rotatable bonds is 6. The Labute approximate surface area is 147 Å². The number of amides is 1. The van der Waals surface area contributed by atoms with Crippen LogP contribution in [0.3, 0.4) is 0 Å². The predicted octanol–water partition coefficient (Wildman–Crippen LogP) is 3.45. The molecule has 0 saturated carbocycles. The minimum Gasteiger partial charge on any atom is -0.329 e. The third kappa shape index (κ3) is 5.07. The van der Waals surface area contributed by atoms with E-state index < -0.39 is 18.0 Å². The molecule has 0 bridgehead atoms. The van der Waals surface area contributed by atoms with Gasteiger partial charge in [-0.1, -0.05) is 42.3 Å². The highest BCUT2D eigenvalue weighted by atomic mass is 19.4. The lowest BCUT2D eigenvalue weighted by Crippen LogP contribution is -2.30. The minimum absolute atomic E-state index is 0.147.